The molecule has 0 atom stereocenters. The normalized spacial score (nSPS) is 10.0. The van der Waals surface area contributed by atoms with Crippen molar-refractivity contribution in [2.75, 3.05) is 16.0 Å². The van der Waals surface area contributed by atoms with Gasteiger partial charge in [0.05, 0.1) is 16.4 Å². The zero-order valence-electron chi connectivity index (χ0n) is 12.5. The van der Waals surface area contributed by atoms with Crippen molar-refractivity contribution in [3.8, 4) is 0 Å². The Morgan fingerprint density at radius 2 is 1.58 bits per heavy atom. The van der Waals surface area contributed by atoms with Crippen LogP contribution in [0.15, 0.2) is 66.2 Å². The molecule has 0 unspecified atom stereocenters. The standard InChI is InChI=1S/C17H14N4O2S/c22-16(14-8-3-4-10-18-14)19-12-6-1-2-7-13(12)20-17(23)21-15-9-5-11-24-15/h1-11H,(H,19,22)(H2,20,21,23). The summed E-state index contributed by atoms with van der Waals surface area (Å²) in [6.07, 6.45) is 1.55. The molecule has 6 nitrogen and oxygen atoms in total. The number of nitrogens with one attached hydrogen (secondary N) is 3. The maximum Gasteiger partial charge on any atom is 0.324 e. The van der Waals surface area contributed by atoms with Gasteiger partial charge in [-0.15, -0.1) is 11.3 Å². The monoisotopic (exact) mass is 338 g/mol. The van der Waals surface area contributed by atoms with E-state index in [1.807, 2.05) is 11.4 Å². The summed E-state index contributed by atoms with van der Waals surface area (Å²) in [5.74, 6) is -0.344. The van der Waals surface area contributed by atoms with E-state index in [0.717, 1.165) is 5.00 Å². The van der Waals surface area contributed by atoms with Crippen molar-refractivity contribution < 1.29 is 9.59 Å². The van der Waals surface area contributed by atoms with Gasteiger partial charge in [0.25, 0.3) is 5.91 Å². The molecule has 3 amide bonds. The fourth-order valence-electron chi connectivity index (χ4n) is 2.00. The fraction of sp³-hybridized carbons (Fsp3) is 0. The second-order valence-electron chi connectivity index (χ2n) is 4.77. The molecule has 24 heavy (non-hydrogen) atoms. The van der Waals surface area contributed by atoms with Gasteiger partial charge in [-0.05, 0) is 41.8 Å². The first-order valence-corrected chi connectivity index (χ1v) is 8.03. The number of carbonyl (C=O) groups excluding carboxylic acids is 2. The smallest absolute Gasteiger partial charge is 0.319 e. The van der Waals surface area contributed by atoms with E-state index in [1.165, 1.54) is 11.3 Å². The molecule has 0 fully saturated rings. The van der Waals surface area contributed by atoms with Crippen molar-refractivity contribution >= 4 is 39.7 Å². The summed E-state index contributed by atoms with van der Waals surface area (Å²) in [6.45, 7) is 0. The fourth-order valence-corrected chi connectivity index (χ4v) is 2.61. The number of hydrogen-bond acceptors (Lipinski definition) is 4. The van der Waals surface area contributed by atoms with Gasteiger partial charge in [0.2, 0.25) is 0 Å². The third-order valence-electron chi connectivity index (χ3n) is 3.08. The molecule has 2 aromatic heterocycles. The van der Waals surface area contributed by atoms with Crippen molar-refractivity contribution in [1.82, 2.24) is 4.98 Å². The summed E-state index contributed by atoms with van der Waals surface area (Å²) in [6, 6.07) is 15.3. The number of urea groups is 1. The largest absolute Gasteiger partial charge is 0.324 e. The lowest BCUT2D eigenvalue weighted by Crippen LogP contribution is -2.21. The van der Waals surface area contributed by atoms with Gasteiger partial charge in [0.15, 0.2) is 0 Å². The van der Waals surface area contributed by atoms with Crippen LogP contribution in [0.4, 0.5) is 21.2 Å². The first-order chi connectivity index (χ1) is 11.7. The predicted octanol–water partition coefficient (Wildman–Crippen LogP) is 4.04. The molecule has 0 saturated carbocycles. The lowest BCUT2D eigenvalue weighted by atomic mass is 10.2. The number of benzene rings is 1. The summed E-state index contributed by atoms with van der Waals surface area (Å²) < 4.78 is 0. The van der Waals surface area contributed by atoms with Crippen LogP contribution in [-0.4, -0.2) is 16.9 Å². The molecule has 3 aromatic rings. The molecule has 3 rings (SSSR count). The van der Waals surface area contributed by atoms with Gasteiger partial charge in [0, 0.05) is 6.20 Å². The van der Waals surface area contributed by atoms with Gasteiger partial charge in [0.1, 0.15) is 5.69 Å². The van der Waals surface area contributed by atoms with Gasteiger partial charge < -0.3 is 10.6 Å². The number of anilines is 3. The van der Waals surface area contributed by atoms with E-state index in [0.29, 0.717) is 17.1 Å². The van der Waals surface area contributed by atoms with Crippen LogP contribution in [0.1, 0.15) is 10.5 Å². The van der Waals surface area contributed by atoms with E-state index in [-0.39, 0.29) is 11.9 Å². The summed E-state index contributed by atoms with van der Waals surface area (Å²) in [5.41, 5.74) is 1.29. The van der Waals surface area contributed by atoms with Gasteiger partial charge in [-0.3, -0.25) is 15.1 Å². The minimum Gasteiger partial charge on any atom is -0.319 e. The van der Waals surface area contributed by atoms with E-state index < -0.39 is 0 Å². The number of carbonyl (C=O) groups is 2. The lowest BCUT2D eigenvalue weighted by molar-refractivity contribution is 0.102. The molecular formula is C17H14N4O2S. The van der Waals surface area contributed by atoms with Crippen molar-refractivity contribution in [2.24, 2.45) is 0 Å². The third kappa shape index (κ3) is 3.96. The Morgan fingerprint density at radius 1 is 0.833 bits per heavy atom. The Balaban J connectivity index is 1.71. The van der Waals surface area contributed by atoms with Gasteiger partial charge in [-0.2, -0.15) is 0 Å². The molecule has 120 valence electrons. The molecule has 0 radical (unpaired) electrons. The predicted molar refractivity (Wildman–Crippen MR) is 95.6 cm³/mol. The summed E-state index contributed by atoms with van der Waals surface area (Å²) >= 11 is 1.42. The molecule has 0 aliphatic heterocycles. The van der Waals surface area contributed by atoms with Crippen LogP contribution in [0.5, 0.6) is 0 Å². The van der Waals surface area contributed by atoms with Crippen LogP contribution in [0.3, 0.4) is 0 Å². The Bertz CT molecular complexity index is 835. The van der Waals surface area contributed by atoms with Crippen LogP contribution in [0, 0.1) is 0 Å². The number of pyridine rings is 1. The van der Waals surface area contributed by atoms with Crippen molar-refractivity contribution in [1.29, 1.82) is 0 Å². The topological polar surface area (TPSA) is 83.1 Å². The van der Waals surface area contributed by atoms with Crippen LogP contribution >= 0.6 is 11.3 Å². The number of thiophene rings is 1. The van der Waals surface area contributed by atoms with Crippen molar-refractivity contribution in [2.45, 2.75) is 0 Å². The second-order valence-corrected chi connectivity index (χ2v) is 5.72. The average molecular weight is 338 g/mol. The van der Waals surface area contributed by atoms with Gasteiger partial charge >= 0.3 is 6.03 Å². The quantitative estimate of drug-likeness (QED) is 0.671. The molecule has 2 heterocycles. The molecule has 0 spiro atoms. The Hall–Kier alpha value is -3.19. The van der Waals surface area contributed by atoms with E-state index in [2.05, 4.69) is 20.9 Å². The molecule has 3 N–H and O–H groups in total. The van der Waals surface area contributed by atoms with Crippen LogP contribution in [0.2, 0.25) is 0 Å². The number of amides is 3. The van der Waals surface area contributed by atoms with E-state index >= 15 is 0 Å². The SMILES string of the molecule is O=C(Nc1cccs1)Nc1ccccc1NC(=O)c1ccccn1. The van der Waals surface area contributed by atoms with E-state index in [1.54, 1.807) is 54.7 Å². The zero-order chi connectivity index (χ0) is 16.8. The maximum atomic E-state index is 12.2. The van der Waals surface area contributed by atoms with Gasteiger partial charge in [-0.25, -0.2) is 4.79 Å². The Kier molecular flexibility index (Phi) is 4.83. The number of nitrogens with zero attached hydrogens (tertiary/aromatic N) is 1. The number of aromatic nitrogens is 1. The molecule has 0 bridgehead atoms. The van der Waals surface area contributed by atoms with Crippen molar-refractivity contribution in [3.05, 3.63) is 71.9 Å². The Labute approximate surface area is 142 Å². The highest BCUT2D eigenvalue weighted by Gasteiger charge is 2.11. The number of para-hydroxylation sites is 2. The molecule has 0 aliphatic carbocycles. The molecular weight excluding hydrogens is 324 g/mol. The second kappa shape index (κ2) is 7.38. The molecule has 1 aromatic carbocycles. The van der Waals surface area contributed by atoms with Crippen LogP contribution in [-0.2, 0) is 0 Å². The van der Waals surface area contributed by atoms with E-state index in [9.17, 15) is 9.59 Å². The number of hydrogen-bond donors (Lipinski definition) is 3. The van der Waals surface area contributed by atoms with Gasteiger partial charge in [-0.1, -0.05) is 18.2 Å². The first-order valence-electron chi connectivity index (χ1n) is 7.15. The molecule has 7 heteroatoms. The molecule has 0 aliphatic rings. The lowest BCUT2D eigenvalue weighted by Gasteiger charge is -2.12. The minimum atomic E-state index is -0.378. The Morgan fingerprint density at radius 3 is 2.25 bits per heavy atom. The average Bonchev–Trinajstić information content (AvgIpc) is 3.10. The van der Waals surface area contributed by atoms with Crippen LogP contribution < -0.4 is 16.0 Å². The van der Waals surface area contributed by atoms with Crippen LogP contribution in [0.25, 0.3) is 0 Å². The number of rotatable bonds is 4. The highest BCUT2D eigenvalue weighted by Crippen LogP contribution is 2.22. The van der Waals surface area contributed by atoms with E-state index in [4.69, 9.17) is 0 Å². The summed E-state index contributed by atoms with van der Waals surface area (Å²) in [7, 11) is 0. The summed E-state index contributed by atoms with van der Waals surface area (Å²) in [4.78, 5) is 28.3. The minimum absolute atomic E-state index is 0.301. The van der Waals surface area contributed by atoms with Crippen molar-refractivity contribution in [3.63, 3.8) is 0 Å². The zero-order valence-corrected chi connectivity index (χ0v) is 13.3. The maximum absolute atomic E-state index is 12.2. The first kappa shape index (κ1) is 15.7. The highest BCUT2D eigenvalue weighted by molar-refractivity contribution is 7.14. The highest BCUT2D eigenvalue weighted by atomic mass is 32.1. The molecule has 0 saturated heterocycles. The third-order valence-corrected chi connectivity index (χ3v) is 3.86. The summed E-state index contributed by atoms with van der Waals surface area (Å²) in [5, 5.41) is 10.8.